The first kappa shape index (κ1) is 11.0. The Morgan fingerprint density at radius 3 is 2.63 bits per heavy atom. The highest BCUT2D eigenvalue weighted by atomic mass is 16.1. The van der Waals surface area contributed by atoms with Crippen molar-refractivity contribution in [2.45, 2.75) is 12.8 Å². The molecule has 1 saturated carbocycles. The Balaban J connectivity index is 1.82. The summed E-state index contributed by atoms with van der Waals surface area (Å²) in [6.45, 7) is 0. The fraction of sp³-hybridized carbons (Fsp3) is 0.278. The van der Waals surface area contributed by atoms with Crippen LogP contribution in [0.1, 0.15) is 17.5 Å². The zero-order valence-electron chi connectivity index (χ0n) is 10.8. The summed E-state index contributed by atoms with van der Waals surface area (Å²) >= 11 is 0. The maximum Gasteiger partial charge on any atom is 0.141 e. The molecule has 1 nitrogen and oxygen atoms in total. The minimum absolute atomic E-state index is 0.0813. The van der Waals surface area contributed by atoms with E-state index in [2.05, 4.69) is 48.6 Å². The number of hydrogen-bond acceptors (Lipinski definition) is 1. The second kappa shape index (κ2) is 4.06. The lowest BCUT2D eigenvalue weighted by Gasteiger charge is -2.38. The van der Waals surface area contributed by atoms with Gasteiger partial charge in [0.05, 0.1) is 0 Å². The highest BCUT2D eigenvalue weighted by molar-refractivity contribution is 5.87. The van der Waals surface area contributed by atoms with Gasteiger partial charge in [0.2, 0.25) is 0 Å². The number of ketones is 1. The molecule has 3 atom stereocenters. The topological polar surface area (TPSA) is 17.1 Å². The Kier molecular flexibility index (Phi) is 2.34. The van der Waals surface area contributed by atoms with E-state index >= 15 is 0 Å². The quantitative estimate of drug-likeness (QED) is 0.686. The summed E-state index contributed by atoms with van der Waals surface area (Å²) in [5.74, 6) is 1.20. The molecule has 19 heavy (non-hydrogen) atoms. The Morgan fingerprint density at radius 2 is 1.74 bits per heavy atom. The van der Waals surface area contributed by atoms with E-state index in [0.29, 0.717) is 24.0 Å². The third kappa shape index (κ3) is 1.65. The minimum Gasteiger partial charge on any atom is -0.299 e. The van der Waals surface area contributed by atoms with Crippen molar-refractivity contribution in [2.75, 3.05) is 0 Å². The fourth-order valence-electron chi connectivity index (χ4n) is 3.71. The second-order valence-electron chi connectivity index (χ2n) is 5.74. The van der Waals surface area contributed by atoms with E-state index in [1.807, 2.05) is 6.08 Å². The second-order valence-corrected chi connectivity index (χ2v) is 5.74. The number of rotatable bonds is 0. The molecule has 0 spiro atoms. The van der Waals surface area contributed by atoms with Crippen LogP contribution in [0, 0.1) is 17.8 Å². The molecule has 0 bridgehead atoms. The lowest BCUT2D eigenvalue weighted by molar-refractivity contribution is -0.124. The Labute approximate surface area is 113 Å². The molecule has 0 saturated heterocycles. The zero-order valence-corrected chi connectivity index (χ0v) is 10.8. The normalized spacial score (nSPS) is 31.3. The molecule has 94 valence electrons. The van der Waals surface area contributed by atoms with Crippen LogP contribution >= 0.6 is 0 Å². The van der Waals surface area contributed by atoms with Gasteiger partial charge in [-0.1, -0.05) is 60.2 Å². The van der Waals surface area contributed by atoms with E-state index < -0.39 is 0 Å². The predicted molar refractivity (Wildman–Crippen MR) is 76.5 cm³/mol. The molecule has 1 aromatic carbocycles. The van der Waals surface area contributed by atoms with Gasteiger partial charge in [-0.2, -0.15) is 0 Å². The molecule has 0 radical (unpaired) electrons. The number of fused-ring (bicyclic) bond motifs is 4. The zero-order chi connectivity index (χ0) is 12.8. The first-order chi connectivity index (χ1) is 9.33. The van der Waals surface area contributed by atoms with Crippen molar-refractivity contribution in [3.63, 3.8) is 0 Å². The Bertz CT molecular complexity index is 633. The average molecular weight is 248 g/mol. The third-order valence-corrected chi connectivity index (χ3v) is 4.65. The van der Waals surface area contributed by atoms with Crippen molar-refractivity contribution in [2.24, 2.45) is 17.8 Å². The molecule has 0 aromatic heterocycles. The molecule has 0 amide bonds. The highest BCUT2D eigenvalue weighted by Crippen LogP contribution is 2.44. The van der Waals surface area contributed by atoms with Crippen molar-refractivity contribution in [3.8, 4) is 0 Å². The molecule has 3 aliphatic carbocycles. The summed E-state index contributed by atoms with van der Waals surface area (Å²) < 4.78 is 0. The van der Waals surface area contributed by atoms with Crippen LogP contribution in [0.5, 0.6) is 0 Å². The molecule has 0 heterocycles. The largest absolute Gasteiger partial charge is 0.299 e. The van der Waals surface area contributed by atoms with Gasteiger partial charge in [-0.05, 0) is 23.5 Å². The van der Waals surface area contributed by atoms with Crippen LogP contribution in [0.2, 0.25) is 0 Å². The molecule has 3 unspecified atom stereocenters. The van der Waals surface area contributed by atoms with Crippen LogP contribution in [0.25, 0.3) is 6.08 Å². The van der Waals surface area contributed by atoms with Crippen LogP contribution in [0.15, 0.2) is 54.1 Å². The summed E-state index contributed by atoms with van der Waals surface area (Å²) in [7, 11) is 0. The molecule has 0 aliphatic heterocycles. The molecular formula is C18H16O. The summed E-state index contributed by atoms with van der Waals surface area (Å²) in [6.07, 6.45) is 12.4. The first-order valence-corrected chi connectivity index (χ1v) is 7.00. The lowest BCUT2D eigenvalue weighted by Crippen LogP contribution is -2.36. The van der Waals surface area contributed by atoms with E-state index in [1.54, 1.807) is 0 Å². The molecule has 0 N–H and O–H groups in total. The van der Waals surface area contributed by atoms with E-state index in [1.165, 1.54) is 16.7 Å². The van der Waals surface area contributed by atoms with Crippen LogP contribution in [-0.4, -0.2) is 5.78 Å². The van der Waals surface area contributed by atoms with Crippen LogP contribution in [0.3, 0.4) is 0 Å². The van der Waals surface area contributed by atoms with E-state index in [-0.39, 0.29) is 5.92 Å². The predicted octanol–water partition coefficient (Wildman–Crippen LogP) is 3.57. The fourth-order valence-corrected chi connectivity index (χ4v) is 3.71. The highest BCUT2D eigenvalue weighted by Gasteiger charge is 2.39. The Hall–Kier alpha value is -1.89. The average Bonchev–Trinajstić information content (AvgIpc) is 2.46. The lowest BCUT2D eigenvalue weighted by atomic mass is 9.64. The van der Waals surface area contributed by atoms with Gasteiger partial charge in [-0.25, -0.2) is 0 Å². The van der Waals surface area contributed by atoms with Gasteiger partial charge in [0, 0.05) is 18.3 Å². The van der Waals surface area contributed by atoms with Crippen LogP contribution < -0.4 is 0 Å². The number of hydrogen-bond donors (Lipinski definition) is 0. The van der Waals surface area contributed by atoms with Gasteiger partial charge in [0.1, 0.15) is 5.78 Å². The molecule has 4 rings (SSSR count). The summed E-state index contributed by atoms with van der Waals surface area (Å²) in [4.78, 5) is 12.3. The van der Waals surface area contributed by atoms with Crippen LogP contribution in [0.4, 0.5) is 0 Å². The van der Waals surface area contributed by atoms with Crippen molar-refractivity contribution in [3.05, 3.63) is 65.3 Å². The van der Waals surface area contributed by atoms with Gasteiger partial charge in [-0.3, -0.25) is 4.79 Å². The number of Topliss-reactive ketones (excluding diaryl/α,β-unsaturated/α-hetero) is 1. The maximum absolute atomic E-state index is 12.3. The van der Waals surface area contributed by atoms with E-state index in [4.69, 9.17) is 0 Å². The smallest absolute Gasteiger partial charge is 0.141 e. The van der Waals surface area contributed by atoms with Gasteiger partial charge in [0.15, 0.2) is 0 Å². The SMILES string of the molecule is O=C1CC2Cc3ccccc3C=C2C2C=CC=CC12. The van der Waals surface area contributed by atoms with Gasteiger partial charge >= 0.3 is 0 Å². The minimum atomic E-state index is 0.0813. The van der Waals surface area contributed by atoms with Crippen LogP contribution in [-0.2, 0) is 11.2 Å². The number of carbonyl (C=O) groups is 1. The van der Waals surface area contributed by atoms with E-state index in [0.717, 1.165) is 6.42 Å². The summed E-state index contributed by atoms with van der Waals surface area (Å²) in [6, 6.07) is 8.56. The van der Waals surface area contributed by atoms with Crippen molar-refractivity contribution >= 4 is 11.9 Å². The number of carbonyl (C=O) groups excluding carboxylic acids is 1. The first-order valence-electron chi connectivity index (χ1n) is 7.00. The van der Waals surface area contributed by atoms with E-state index in [9.17, 15) is 4.79 Å². The van der Waals surface area contributed by atoms with Crippen molar-refractivity contribution in [1.29, 1.82) is 0 Å². The number of allylic oxidation sites excluding steroid dienone is 5. The maximum atomic E-state index is 12.3. The molecule has 1 fully saturated rings. The standard InChI is InChI=1S/C18H16O/c19-18-11-14-9-12-5-1-2-6-13(12)10-17(14)15-7-3-4-8-16(15)18/h1-8,10,14-16H,9,11H2. The Morgan fingerprint density at radius 1 is 0.947 bits per heavy atom. The molecular weight excluding hydrogens is 232 g/mol. The van der Waals surface area contributed by atoms with Crippen molar-refractivity contribution < 1.29 is 4.79 Å². The van der Waals surface area contributed by atoms with Gasteiger partial charge in [-0.15, -0.1) is 0 Å². The third-order valence-electron chi connectivity index (χ3n) is 4.65. The molecule has 1 heteroatoms. The monoisotopic (exact) mass is 248 g/mol. The molecule has 1 aromatic rings. The summed E-state index contributed by atoms with van der Waals surface area (Å²) in [5.41, 5.74) is 4.19. The van der Waals surface area contributed by atoms with Gasteiger partial charge in [0.25, 0.3) is 0 Å². The van der Waals surface area contributed by atoms with Gasteiger partial charge < -0.3 is 0 Å². The molecule has 3 aliphatic rings. The summed E-state index contributed by atoms with van der Waals surface area (Å²) in [5, 5.41) is 0. The van der Waals surface area contributed by atoms with Crippen molar-refractivity contribution in [1.82, 2.24) is 0 Å². The number of benzene rings is 1.